The number of aliphatic hydroxyl groups is 1. The molecule has 1 atom stereocenters. The van der Waals surface area contributed by atoms with Crippen LogP contribution in [0.15, 0.2) is 24.3 Å². The van der Waals surface area contributed by atoms with Crippen LogP contribution in [0.25, 0.3) is 0 Å². The van der Waals surface area contributed by atoms with Crippen molar-refractivity contribution in [3.63, 3.8) is 0 Å². The van der Waals surface area contributed by atoms with Crippen LogP contribution in [0.1, 0.15) is 11.7 Å². The van der Waals surface area contributed by atoms with Gasteiger partial charge in [0.05, 0.1) is 19.8 Å². The summed E-state index contributed by atoms with van der Waals surface area (Å²) in [5.41, 5.74) is 0.869. The van der Waals surface area contributed by atoms with Gasteiger partial charge in [0.2, 0.25) is 0 Å². The highest BCUT2D eigenvalue weighted by Crippen LogP contribution is 2.19. The molecule has 4 heteroatoms. The van der Waals surface area contributed by atoms with Crippen LogP contribution in [0.2, 0.25) is 0 Å². The topological polar surface area (TPSA) is 41.9 Å². The zero-order valence-electron chi connectivity index (χ0n) is 10.7. The molecule has 0 fully saturated rings. The van der Waals surface area contributed by atoms with Gasteiger partial charge >= 0.3 is 0 Å². The lowest BCUT2D eigenvalue weighted by Gasteiger charge is -2.20. The lowest BCUT2D eigenvalue weighted by molar-refractivity contribution is 0.103. The Hall–Kier alpha value is -1.10. The molecular weight excluding hydrogens is 218 g/mol. The predicted molar refractivity (Wildman–Crippen MR) is 67.3 cm³/mol. The van der Waals surface area contributed by atoms with E-state index in [1.807, 2.05) is 36.2 Å². The Kier molecular flexibility index (Phi) is 5.97. The van der Waals surface area contributed by atoms with Gasteiger partial charge in [0.15, 0.2) is 0 Å². The van der Waals surface area contributed by atoms with Gasteiger partial charge in [0.25, 0.3) is 0 Å². The average molecular weight is 239 g/mol. The van der Waals surface area contributed by atoms with E-state index >= 15 is 0 Å². The quantitative estimate of drug-likeness (QED) is 0.779. The molecule has 0 aliphatic rings. The maximum atomic E-state index is 10.1. The van der Waals surface area contributed by atoms with Crippen LogP contribution in [0.4, 0.5) is 0 Å². The van der Waals surface area contributed by atoms with E-state index in [2.05, 4.69) is 0 Å². The zero-order chi connectivity index (χ0) is 12.7. The fourth-order valence-corrected chi connectivity index (χ4v) is 1.59. The van der Waals surface area contributed by atoms with Crippen LogP contribution >= 0.6 is 0 Å². The minimum absolute atomic E-state index is 0.507. The molecule has 0 amide bonds. The van der Waals surface area contributed by atoms with Crippen LogP contribution < -0.4 is 4.74 Å². The van der Waals surface area contributed by atoms with Crippen molar-refractivity contribution >= 4 is 0 Å². The molecule has 1 rings (SSSR count). The number of likely N-dealkylation sites (N-methyl/N-ethyl adjacent to an activating group) is 1. The highest BCUT2D eigenvalue weighted by Gasteiger charge is 2.11. The molecule has 0 aliphatic heterocycles. The van der Waals surface area contributed by atoms with Crippen molar-refractivity contribution in [3.05, 3.63) is 29.8 Å². The van der Waals surface area contributed by atoms with Crippen LogP contribution in [0.3, 0.4) is 0 Å². The number of nitrogens with zero attached hydrogens (tertiary/aromatic N) is 1. The van der Waals surface area contributed by atoms with E-state index in [0.29, 0.717) is 13.2 Å². The van der Waals surface area contributed by atoms with Crippen molar-refractivity contribution in [2.45, 2.75) is 6.10 Å². The lowest BCUT2D eigenvalue weighted by atomic mass is 10.1. The van der Waals surface area contributed by atoms with Crippen molar-refractivity contribution < 1.29 is 14.6 Å². The SMILES string of the molecule is COCCN(C)CC(O)c1cccc(OC)c1. The molecule has 1 unspecified atom stereocenters. The highest BCUT2D eigenvalue weighted by atomic mass is 16.5. The molecule has 0 heterocycles. The second-order valence-corrected chi connectivity index (χ2v) is 4.05. The third kappa shape index (κ3) is 4.73. The summed E-state index contributed by atoms with van der Waals surface area (Å²) in [6.45, 7) is 2.05. The third-order valence-corrected chi connectivity index (χ3v) is 2.64. The van der Waals surface area contributed by atoms with Crippen molar-refractivity contribution in [2.24, 2.45) is 0 Å². The molecule has 1 N–H and O–H groups in total. The summed E-state index contributed by atoms with van der Waals surface area (Å²) in [5.74, 6) is 0.765. The zero-order valence-corrected chi connectivity index (χ0v) is 10.7. The molecule has 96 valence electrons. The summed E-state index contributed by atoms with van der Waals surface area (Å²) in [6, 6.07) is 7.50. The molecule has 0 aromatic heterocycles. The highest BCUT2D eigenvalue weighted by molar-refractivity contribution is 5.29. The Balaban J connectivity index is 2.53. The summed E-state index contributed by atoms with van der Waals surface area (Å²) in [4.78, 5) is 2.04. The largest absolute Gasteiger partial charge is 0.497 e. The second kappa shape index (κ2) is 7.27. The molecule has 0 radical (unpaired) electrons. The van der Waals surface area contributed by atoms with E-state index in [1.54, 1.807) is 14.2 Å². The van der Waals surface area contributed by atoms with Gasteiger partial charge in [-0.3, -0.25) is 0 Å². The van der Waals surface area contributed by atoms with Gasteiger partial charge in [-0.25, -0.2) is 0 Å². The van der Waals surface area contributed by atoms with Crippen molar-refractivity contribution in [3.8, 4) is 5.75 Å². The minimum Gasteiger partial charge on any atom is -0.497 e. The van der Waals surface area contributed by atoms with Crippen molar-refractivity contribution in [1.29, 1.82) is 0 Å². The van der Waals surface area contributed by atoms with Gasteiger partial charge in [0.1, 0.15) is 5.75 Å². The number of hydrogen-bond acceptors (Lipinski definition) is 4. The predicted octanol–water partition coefficient (Wildman–Crippen LogP) is 1.31. The Morgan fingerprint density at radius 1 is 1.35 bits per heavy atom. The van der Waals surface area contributed by atoms with Gasteiger partial charge in [-0.1, -0.05) is 12.1 Å². The first-order chi connectivity index (χ1) is 8.17. The monoisotopic (exact) mass is 239 g/mol. The van der Waals surface area contributed by atoms with Crippen molar-refractivity contribution in [1.82, 2.24) is 4.90 Å². The summed E-state index contributed by atoms with van der Waals surface area (Å²) in [6.07, 6.45) is -0.507. The molecule has 1 aromatic rings. The molecule has 4 nitrogen and oxygen atoms in total. The molecule has 0 spiro atoms. The van der Waals surface area contributed by atoms with Crippen molar-refractivity contribution in [2.75, 3.05) is 41.0 Å². The molecule has 0 saturated heterocycles. The molecule has 0 saturated carbocycles. The number of methoxy groups -OCH3 is 2. The lowest BCUT2D eigenvalue weighted by Crippen LogP contribution is -2.27. The van der Waals surface area contributed by atoms with Gasteiger partial charge in [-0.2, -0.15) is 0 Å². The molecular formula is C13H21NO3. The third-order valence-electron chi connectivity index (χ3n) is 2.64. The van der Waals surface area contributed by atoms with Gasteiger partial charge in [-0.05, 0) is 24.7 Å². The van der Waals surface area contributed by atoms with Gasteiger partial charge in [0, 0.05) is 20.2 Å². The first kappa shape index (κ1) is 14.0. The van der Waals surface area contributed by atoms with E-state index in [9.17, 15) is 5.11 Å². The van der Waals surface area contributed by atoms with E-state index in [0.717, 1.165) is 17.9 Å². The van der Waals surface area contributed by atoms with Crippen LogP contribution in [0.5, 0.6) is 5.75 Å². The van der Waals surface area contributed by atoms with E-state index < -0.39 is 6.10 Å². The smallest absolute Gasteiger partial charge is 0.119 e. The summed E-state index contributed by atoms with van der Waals surface area (Å²) >= 11 is 0. The Morgan fingerprint density at radius 2 is 2.12 bits per heavy atom. The Bertz CT molecular complexity index is 330. The second-order valence-electron chi connectivity index (χ2n) is 4.05. The number of benzene rings is 1. The van der Waals surface area contributed by atoms with E-state index in [4.69, 9.17) is 9.47 Å². The van der Waals surface area contributed by atoms with Crippen LogP contribution in [-0.2, 0) is 4.74 Å². The number of hydrogen-bond donors (Lipinski definition) is 1. The number of ether oxygens (including phenoxy) is 2. The van der Waals surface area contributed by atoms with Gasteiger partial charge < -0.3 is 19.5 Å². The molecule has 17 heavy (non-hydrogen) atoms. The Labute approximate surface area is 103 Å². The fourth-order valence-electron chi connectivity index (χ4n) is 1.59. The standard InChI is InChI=1S/C13H21NO3/c1-14(7-8-16-2)10-13(15)11-5-4-6-12(9-11)17-3/h4-6,9,13,15H,7-8,10H2,1-3H3. The van der Waals surface area contributed by atoms with Gasteiger partial charge in [-0.15, -0.1) is 0 Å². The summed E-state index contributed by atoms with van der Waals surface area (Å²) in [7, 11) is 5.25. The first-order valence-corrected chi connectivity index (χ1v) is 5.67. The molecule has 0 aliphatic carbocycles. The number of aliphatic hydroxyl groups excluding tert-OH is 1. The minimum atomic E-state index is -0.507. The summed E-state index contributed by atoms with van der Waals surface area (Å²) in [5, 5.41) is 10.1. The van der Waals surface area contributed by atoms with Crippen LogP contribution in [0, 0.1) is 0 Å². The summed E-state index contributed by atoms with van der Waals surface area (Å²) < 4.78 is 10.1. The van der Waals surface area contributed by atoms with Crippen LogP contribution in [-0.4, -0.2) is 51.0 Å². The Morgan fingerprint density at radius 3 is 2.76 bits per heavy atom. The maximum absolute atomic E-state index is 10.1. The normalized spacial score (nSPS) is 12.8. The van der Waals surface area contributed by atoms with E-state index in [-0.39, 0.29) is 0 Å². The first-order valence-electron chi connectivity index (χ1n) is 5.67. The molecule has 1 aromatic carbocycles. The average Bonchev–Trinajstić information content (AvgIpc) is 2.36. The maximum Gasteiger partial charge on any atom is 0.119 e. The van der Waals surface area contributed by atoms with E-state index in [1.165, 1.54) is 0 Å². The molecule has 0 bridgehead atoms. The fraction of sp³-hybridized carbons (Fsp3) is 0.538. The number of rotatable bonds is 7.